The fourth-order valence-electron chi connectivity index (χ4n) is 12.8. The Balaban J connectivity index is 0.951. The molecule has 2 aromatic heterocycles. The van der Waals surface area contributed by atoms with Crippen molar-refractivity contribution in [2.45, 2.75) is 40.4 Å². The first kappa shape index (κ1) is 53.1. The lowest BCUT2D eigenvalue weighted by molar-refractivity contribution is -0.131. The molecule has 0 bridgehead atoms. The molecule has 0 radical (unpaired) electrons. The van der Waals surface area contributed by atoms with Crippen molar-refractivity contribution in [3.63, 3.8) is 0 Å². The van der Waals surface area contributed by atoms with E-state index in [1.165, 1.54) is 16.1 Å². The van der Waals surface area contributed by atoms with Crippen LogP contribution in [0.25, 0.3) is 0 Å². The summed E-state index contributed by atoms with van der Waals surface area (Å²) in [6, 6.07) is 78.8. The number of carbonyl (C=O) groups is 2. The number of Topliss-reactive ketones (excluding diaryl/α,β-unsaturated/α-hetero) is 1. The van der Waals surface area contributed by atoms with Gasteiger partial charge in [-0.2, -0.15) is 9.57 Å². The maximum atomic E-state index is 16.5. The van der Waals surface area contributed by atoms with E-state index >= 15 is 4.79 Å². The Morgan fingerprint density at radius 2 is 0.928 bits per heavy atom. The van der Waals surface area contributed by atoms with Crippen LogP contribution in [0.4, 0.5) is 0 Å². The van der Waals surface area contributed by atoms with Crippen LogP contribution in [0, 0.1) is 23.2 Å². The van der Waals surface area contributed by atoms with Gasteiger partial charge in [-0.1, -0.05) is 224 Å². The van der Waals surface area contributed by atoms with E-state index in [1.54, 1.807) is 59.5 Å². The van der Waals surface area contributed by atoms with Crippen molar-refractivity contribution in [1.82, 2.24) is 28.3 Å². The molecule has 408 valence electrons. The molecule has 1 amide bonds. The number of nitrogens with zero attached hydrogens (tertiary/aromatic N) is 8. The van der Waals surface area contributed by atoms with Crippen molar-refractivity contribution < 1.29 is 18.0 Å². The lowest BCUT2D eigenvalue weighted by Gasteiger charge is -2.37. The molecule has 8 aromatic carbocycles. The van der Waals surface area contributed by atoms with Crippen LogP contribution in [0.3, 0.4) is 0 Å². The Hall–Kier alpha value is -9.26. The third-order valence-corrected chi connectivity index (χ3v) is 19.5. The molecule has 3 aliphatic rings. The summed E-state index contributed by atoms with van der Waals surface area (Å²) in [5.74, 6) is -0.880. The summed E-state index contributed by atoms with van der Waals surface area (Å²) in [5.41, 5.74) is 4.81. The van der Waals surface area contributed by atoms with Crippen LogP contribution in [-0.4, -0.2) is 84.0 Å². The zero-order valence-electron chi connectivity index (χ0n) is 45.1. The second-order valence-corrected chi connectivity index (χ2v) is 24.4. The molecular formula is C69H56N8O4S2. The number of amides is 1. The fraction of sp³-hybridized carbons (Fsp3) is 0.159. The van der Waals surface area contributed by atoms with E-state index in [0.29, 0.717) is 27.7 Å². The minimum atomic E-state index is -3.81. The van der Waals surface area contributed by atoms with E-state index in [1.807, 2.05) is 134 Å². The molecule has 14 heteroatoms. The van der Waals surface area contributed by atoms with Crippen LogP contribution in [0.15, 0.2) is 272 Å². The molecule has 0 spiro atoms. The molecule has 13 rings (SSSR count). The highest BCUT2D eigenvalue weighted by Gasteiger charge is 2.66. The number of hydrogen-bond donors (Lipinski definition) is 0. The largest absolute Gasteiger partial charge is 0.319 e. The summed E-state index contributed by atoms with van der Waals surface area (Å²) in [6.45, 7) is 0.447. The fourth-order valence-corrected chi connectivity index (χ4v) is 15.4. The molecule has 1 aliphatic carbocycles. The lowest BCUT2D eigenvalue weighted by Crippen LogP contribution is -2.48. The number of rotatable bonds is 18. The average Bonchev–Trinajstić information content (AvgIpc) is 1.83. The van der Waals surface area contributed by atoms with Crippen LogP contribution in [0.5, 0.6) is 0 Å². The van der Waals surface area contributed by atoms with Gasteiger partial charge in [-0.05, 0) is 57.6 Å². The number of ketones is 1. The number of benzene rings is 8. The Morgan fingerprint density at radius 1 is 0.554 bits per heavy atom. The number of amidine groups is 1. The molecule has 12 nitrogen and oxygen atoms in total. The lowest BCUT2D eigenvalue weighted by atomic mass is 9.76. The van der Waals surface area contributed by atoms with E-state index in [4.69, 9.17) is 15.0 Å². The minimum absolute atomic E-state index is 0.0497. The second kappa shape index (κ2) is 21.9. The molecule has 0 N–H and O–H groups in total. The van der Waals surface area contributed by atoms with Crippen molar-refractivity contribution >= 4 is 38.6 Å². The van der Waals surface area contributed by atoms with E-state index < -0.39 is 26.6 Å². The molecule has 1 saturated carbocycles. The van der Waals surface area contributed by atoms with Gasteiger partial charge in [-0.25, -0.2) is 23.4 Å². The van der Waals surface area contributed by atoms with Crippen molar-refractivity contribution in [1.29, 1.82) is 5.26 Å². The summed E-state index contributed by atoms with van der Waals surface area (Å²) >= 11 is 1.20. The summed E-state index contributed by atoms with van der Waals surface area (Å²) in [6.07, 6.45) is 7.87. The van der Waals surface area contributed by atoms with E-state index in [9.17, 15) is 18.5 Å². The highest BCUT2D eigenvalue weighted by molar-refractivity contribution is 8.14. The number of hydrogen-bond acceptors (Lipinski definition) is 9. The van der Waals surface area contributed by atoms with Gasteiger partial charge in [0.25, 0.3) is 5.91 Å². The molecule has 4 heterocycles. The maximum absolute atomic E-state index is 16.5. The molecule has 1 saturated heterocycles. The molecular weight excluding hydrogens is 1070 g/mol. The van der Waals surface area contributed by atoms with Gasteiger partial charge in [0, 0.05) is 61.8 Å². The van der Waals surface area contributed by atoms with Crippen LogP contribution in [0.1, 0.15) is 60.7 Å². The standard InChI is InChI=1S/C69H56N8O4S2/c70-42-50-36-38-51(39-37-50)63(78)47-82-66-73-67(65(79)77(66)64-61-45-76(46-62(61)64)83(80,81)60-34-20-7-21-35-60,40-58-43-74(48-71-58)68(52-22-8-1-9-23-52,53-24-10-2-11-25-53)54-26-12-3-13-27-54)41-59-44-75(49-72-59)69(55-28-14-4-15-29-55,56-30-16-5-17-31-56)57-32-18-6-19-33-57/h1-39,43-44,48-49,61-62,64H,40-41,45-47H2. The Bertz CT molecular complexity index is 3770. The molecule has 10 aromatic rings. The number of sulfonamides is 1. The molecule has 2 unspecified atom stereocenters. The zero-order chi connectivity index (χ0) is 56.6. The van der Waals surface area contributed by atoms with Crippen molar-refractivity contribution in [3.05, 3.63) is 318 Å². The number of nitriles is 1. The highest BCUT2D eigenvalue weighted by atomic mass is 32.2. The first-order valence-electron chi connectivity index (χ1n) is 27.7. The first-order valence-corrected chi connectivity index (χ1v) is 30.1. The predicted octanol–water partition coefficient (Wildman–Crippen LogP) is 11.3. The smallest absolute Gasteiger partial charge is 0.257 e. The third kappa shape index (κ3) is 9.40. The van der Waals surface area contributed by atoms with Gasteiger partial charge in [0.1, 0.15) is 11.1 Å². The maximum Gasteiger partial charge on any atom is 0.257 e. The topological polar surface area (TPSA) is 147 Å². The first-order chi connectivity index (χ1) is 40.6. The number of carbonyl (C=O) groups excluding carboxylic acids is 2. The van der Waals surface area contributed by atoms with Gasteiger partial charge in [0.15, 0.2) is 16.5 Å². The molecule has 83 heavy (non-hydrogen) atoms. The van der Waals surface area contributed by atoms with Gasteiger partial charge < -0.3 is 9.13 Å². The average molecular weight is 1130 g/mol. The van der Waals surface area contributed by atoms with Crippen LogP contribution < -0.4 is 0 Å². The Labute approximate surface area is 487 Å². The van der Waals surface area contributed by atoms with Crippen LogP contribution >= 0.6 is 11.8 Å². The van der Waals surface area contributed by atoms with Crippen LogP contribution in [0.2, 0.25) is 0 Å². The third-order valence-electron chi connectivity index (χ3n) is 16.7. The zero-order valence-corrected chi connectivity index (χ0v) is 46.8. The summed E-state index contributed by atoms with van der Waals surface area (Å²) in [4.78, 5) is 48.6. The van der Waals surface area contributed by atoms with Crippen molar-refractivity contribution in [2.75, 3.05) is 18.8 Å². The van der Waals surface area contributed by atoms with E-state index in [-0.39, 0.29) is 66.1 Å². The quantitative estimate of drug-likeness (QED) is 0.0610. The Kier molecular flexibility index (Phi) is 14.0. The van der Waals surface area contributed by atoms with Gasteiger partial charge in [0.05, 0.1) is 46.3 Å². The minimum Gasteiger partial charge on any atom is -0.319 e. The molecule has 2 fully saturated rings. The summed E-state index contributed by atoms with van der Waals surface area (Å²) in [7, 11) is -3.81. The SMILES string of the molecule is N#Cc1ccc(C(=O)CSC2=NC(Cc3cn(C(c4ccccc4)(c4ccccc4)c4ccccc4)cn3)(Cc3cn(C(c4ccccc4)(c4ccccc4)c4ccccc4)cn3)C(=O)N2C2C3CN(S(=O)(=O)c4ccccc4)CC32)cc1. The normalized spacial score (nSPS) is 17.6. The van der Waals surface area contributed by atoms with Gasteiger partial charge >= 0.3 is 0 Å². The van der Waals surface area contributed by atoms with Gasteiger partial charge in [0.2, 0.25) is 10.0 Å². The van der Waals surface area contributed by atoms with Gasteiger partial charge in [-0.15, -0.1) is 0 Å². The highest BCUT2D eigenvalue weighted by Crippen LogP contribution is 2.54. The number of imidazole rings is 2. The van der Waals surface area contributed by atoms with Crippen LogP contribution in [-0.2, 0) is 38.7 Å². The van der Waals surface area contributed by atoms with Crippen molar-refractivity contribution in [3.8, 4) is 6.07 Å². The Morgan fingerprint density at radius 3 is 1.30 bits per heavy atom. The molecule has 2 atom stereocenters. The molecule has 2 aliphatic heterocycles. The number of thioether (sulfide) groups is 1. The predicted molar refractivity (Wildman–Crippen MR) is 322 cm³/mol. The van der Waals surface area contributed by atoms with E-state index in [0.717, 1.165) is 33.4 Å². The van der Waals surface area contributed by atoms with Gasteiger partial charge in [-0.3, -0.25) is 14.5 Å². The summed E-state index contributed by atoms with van der Waals surface area (Å²) in [5, 5.41) is 9.91. The monoisotopic (exact) mass is 1120 g/mol. The number of fused-ring (bicyclic) bond motifs is 1. The number of aliphatic imine (C=N–C) groups is 1. The number of aromatic nitrogens is 4. The van der Waals surface area contributed by atoms with Crippen molar-refractivity contribution in [2.24, 2.45) is 16.8 Å². The second-order valence-electron chi connectivity index (χ2n) is 21.5. The van der Waals surface area contributed by atoms with E-state index in [2.05, 4.69) is 88.0 Å². The number of piperidine rings is 1. The summed E-state index contributed by atoms with van der Waals surface area (Å²) < 4.78 is 33.9.